The minimum absolute atomic E-state index is 0.127. The Morgan fingerprint density at radius 2 is 2.06 bits per heavy atom. The van der Waals surface area contributed by atoms with Gasteiger partial charge in [-0.15, -0.1) is 0 Å². The first-order chi connectivity index (χ1) is 8.22. The van der Waals surface area contributed by atoms with Gasteiger partial charge in [-0.2, -0.15) is 0 Å². The van der Waals surface area contributed by atoms with Crippen molar-refractivity contribution in [2.75, 3.05) is 7.11 Å². The van der Waals surface area contributed by atoms with E-state index in [4.69, 9.17) is 9.84 Å². The summed E-state index contributed by atoms with van der Waals surface area (Å²) in [5, 5.41) is 8.86. The lowest BCUT2D eigenvalue weighted by molar-refractivity contribution is 0.0690. The molecule has 0 saturated heterocycles. The monoisotopic (exact) mass is 231 g/mol. The number of carbonyl (C=O) groups is 1. The van der Waals surface area contributed by atoms with Crippen LogP contribution in [0.25, 0.3) is 11.3 Å². The predicted molar refractivity (Wildman–Crippen MR) is 58.8 cm³/mol. The summed E-state index contributed by atoms with van der Waals surface area (Å²) < 4.78 is 5.05. The van der Waals surface area contributed by atoms with Gasteiger partial charge in [0.2, 0.25) is 5.88 Å². The SMILES string of the molecule is COc1ncc(C(=O)O)nc1-c1ccncc1. The summed E-state index contributed by atoms with van der Waals surface area (Å²) in [4.78, 5) is 22.6. The molecule has 0 spiro atoms. The zero-order valence-electron chi connectivity index (χ0n) is 8.99. The summed E-state index contributed by atoms with van der Waals surface area (Å²) in [5.41, 5.74) is 0.958. The standard InChI is InChI=1S/C11H9N3O3/c1-17-10-9(7-2-4-12-5-3-7)14-8(6-13-10)11(15)16/h2-6H,1H3,(H,15,16). The van der Waals surface area contributed by atoms with Crippen LogP contribution in [-0.4, -0.2) is 33.1 Å². The van der Waals surface area contributed by atoms with Crippen molar-refractivity contribution in [1.29, 1.82) is 0 Å². The first-order valence-electron chi connectivity index (χ1n) is 4.77. The van der Waals surface area contributed by atoms with Crippen molar-refractivity contribution in [2.24, 2.45) is 0 Å². The zero-order valence-corrected chi connectivity index (χ0v) is 8.99. The Kier molecular flexibility index (Phi) is 2.95. The summed E-state index contributed by atoms with van der Waals surface area (Å²) in [7, 11) is 1.45. The minimum Gasteiger partial charge on any atom is -0.479 e. The van der Waals surface area contributed by atoms with Gasteiger partial charge in [0.15, 0.2) is 5.69 Å². The van der Waals surface area contributed by atoms with Crippen molar-refractivity contribution in [3.05, 3.63) is 36.4 Å². The molecule has 6 heteroatoms. The summed E-state index contributed by atoms with van der Waals surface area (Å²) in [6.45, 7) is 0. The Morgan fingerprint density at radius 3 is 2.65 bits per heavy atom. The molecule has 0 aromatic carbocycles. The van der Waals surface area contributed by atoms with E-state index in [1.54, 1.807) is 24.5 Å². The first-order valence-corrected chi connectivity index (χ1v) is 4.77. The van der Waals surface area contributed by atoms with Gasteiger partial charge in [0.05, 0.1) is 13.3 Å². The van der Waals surface area contributed by atoms with Crippen LogP contribution in [0.1, 0.15) is 10.5 Å². The molecule has 86 valence electrons. The summed E-state index contributed by atoms with van der Waals surface area (Å²) in [5.74, 6) is -0.850. The molecule has 0 unspecified atom stereocenters. The van der Waals surface area contributed by atoms with Gasteiger partial charge in [0.25, 0.3) is 0 Å². The molecule has 0 aliphatic carbocycles. The maximum absolute atomic E-state index is 10.8. The molecule has 0 aliphatic rings. The lowest BCUT2D eigenvalue weighted by Gasteiger charge is -2.06. The summed E-state index contributed by atoms with van der Waals surface area (Å²) in [6.07, 6.45) is 4.33. The number of aromatic nitrogens is 3. The van der Waals surface area contributed by atoms with Gasteiger partial charge < -0.3 is 9.84 Å². The third-order valence-electron chi connectivity index (χ3n) is 2.11. The second kappa shape index (κ2) is 4.56. The fourth-order valence-corrected chi connectivity index (χ4v) is 1.33. The highest BCUT2D eigenvalue weighted by atomic mass is 16.5. The molecule has 0 bridgehead atoms. The maximum Gasteiger partial charge on any atom is 0.356 e. The molecule has 0 aliphatic heterocycles. The molecule has 2 rings (SSSR count). The van der Waals surface area contributed by atoms with Gasteiger partial charge >= 0.3 is 5.97 Å². The van der Waals surface area contributed by atoms with Crippen molar-refractivity contribution in [2.45, 2.75) is 0 Å². The molecule has 0 amide bonds. The Balaban J connectivity index is 2.58. The third kappa shape index (κ3) is 2.20. The average Bonchev–Trinajstić information content (AvgIpc) is 2.39. The summed E-state index contributed by atoms with van der Waals surface area (Å²) >= 11 is 0. The van der Waals surface area contributed by atoms with Crippen LogP contribution in [0.4, 0.5) is 0 Å². The van der Waals surface area contributed by atoms with Gasteiger partial charge in [0, 0.05) is 18.0 Å². The van der Waals surface area contributed by atoms with Crippen LogP contribution in [-0.2, 0) is 0 Å². The maximum atomic E-state index is 10.8. The van der Waals surface area contributed by atoms with Crippen molar-refractivity contribution in [1.82, 2.24) is 15.0 Å². The Hall–Kier alpha value is -2.50. The Bertz CT molecular complexity index is 543. The van der Waals surface area contributed by atoms with E-state index < -0.39 is 5.97 Å². The highest BCUT2D eigenvalue weighted by Crippen LogP contribution is 2.25. The lowest BCUT2D eigenvalue weighted by Crippen LogP contribution is -2.04. The van der Waals surface area contributed by atoms with E-state index in [1.807, 2.05) is 0 Å². The van der Waals surface area contributed by atoms with Crippen LogP contribution in [0.15, 0.2) is 30.7 Å². The molecular formula is C11H9N3O3. The number of nitrogens with zero attached hydrogens (tertiary/aromatic N) is 3. The molecule has 17 heavy (non-hydrogen) atoms. The second-order valence-corrected chi connectivity index (χ2v) is 3.15. The third-order valence-corrected chi connectivity index (χ3v) is 2.11. The van der Waals surface area contributed by atoms with Crippen LogP contribution < -0.4 is 4.74 Å². The number of hydrogen-bond acceptors (Lipinski definition) is 5. The highest BCUT2D eigenvalue weighted by molar-refractivity contribution is 5.86. The van der Waals surface area contributed by atoms with Gasteiger partial charge in [-0.25, -0.2) is 14.8 Å². The van der Waals surface area contributed by atoms with E-state index in [-0.39, 0.29) is 11.6 Å². The summed E-state index contributed by atoms with van der Waals surface area (Å²) in [6, 6.07) is 3.41. The second-order valence-electron chi connectivity index (χ2n) is 3.15. The molecule has 1 N–H and O–H groups in total. The van der Waals surface area contributed by atoms with Crippen molar-refractivity contribution in [3.8, 4) is 17.1 Å². The topological polar surface area (TPSA) is 85.2 Å². The number of methoxy groups -OCH3 is 1. The molecule has 0 atom stereocenters. The van der Waals surface area contributed by atoms with Crippen LogP contribution >= 0.6 is 0 Å². The van der Waals surface area contributed by atoms with Crippen LogP contribution in [0.5, 0.6) is 5.88 Å². The molecule has 6 nitrogen and oxygen atoms in total. The number of rotatable bonds is 3. The number of ether oxygens (including phenoxy) is 1. The number of carboxylic acids is 1. The fraction of sp³-hybridized carbons (Fsp3) is 0.0909. The molecule has 2 aromatic rings. The molecule has 0 fully saturated rings. The fourth-order valence-electron chi connectivity index (χ4n) is 1.33. The number of pyridine rings is 1. The van der Waals surface area contributed by atoms with E-state index in [0.717, 1.165) is 6.20 Å². The van der Waals surface area contributed by atoms with Crippen LogP contribution in [0.3, 0.4) is 0 Å². The van der Waals surface area contributed by atoms with Crippen molar-refractivity contribution in [3.63, 3.8) is 0 Å². The average molecular weight is 231 g/mol. The van der Waals surface area contributed by atoms with Gasteiger partial charge in [-0.3, -0.25) is 4.98 Å². The number of aromatic carboxylic acids is 1. The van der Waals surface area contributed by atoms with Crippen molar-refractivity contribution < 1.29 is 14.6 Å². The lowest BCUT2D eigenvalue weighted by atomic mass is 10.2. The quantitative estimate of drug-likeness (QED) is 0.855. The van der Waals surface area contributed by atoms with E-state index in [9.17, 15) is 4.79 Å². The largest absolute Gasteiger partial charge is 0.479 e. The van der Waals surface area contributed by atoms with E-state index >= 15 is 0 Å². The number of hydrogen-bond donors (Lipinski definition) is 1. The smallest absolute Gasteiger partial charge is 0.356 e. The molecule has 0 radical (unpaired) electrons. The normalized spacial score (nSPS) is 9.94. The first kappa shape index (κ1) is 11.0. The molecule has 2 aromatic heterocycles. The highest BCUT2D eigenvalue weighted by Gasteiger charge is 2.13. The Labute approximate surface area is 96.9 Å². The van der Waals surface area contributed by atoms with Crippen LogP contribution in [0.2, 0.25) is 0 Å². The van der Waals surface area contributed by atoms with E-state index in [2.05, 4.69) is 15.0 Å². The molecular weight excluding hydrogens is 222 g/mol. The van der Waals surface area contributed by atoms with E-state index in [0.29, 0.717) is 11.3 Å². The minimum atomic E-state index is -1.13. The van der Waals surface area contributed by atoms with Gasteiger partial charge in [0.1, 0.15) is 5.69 Å². The van der Waals surface area contributed by atoms with E-state index in [1.165, 1.54) is 7.11 Å². The van der Waals surface area contributed by atoms with Gasteiger partial charge in [-0.05, 0) is 12.1 Å². The molecule has 0 saturated carbocycles. The van der Waals surface area contributed by atoms with Crippen molar-refractivity contribution >= 4 is 5.97 Å². The predicted octanol–water partition coefficient (Wildman–Crippen LogP) is 1.25. The Morgan fingerprint density at radius 1 is 1.35 bits per heavy atom. The zero-order chi connectivity index (χ0) is 12.3. The molecule has 2 heterocycles. The van der Waals surface area contributed by atoms with Crippen LogP contribution in [0, 0.1) is 0 Å². The number of carboxylic acid groups (broad SMARTS) is 1. The van der Waals surface area contributed by atoms with Gasteiger partial charge in [-0.1, -0.05) is 0 Å².